The summed E-state index contributed by atoms with van der Waals surface area (Å²) in [5, 5.41) is 2.73. The van der Waals surface area contributed by atoms with Gasteiger partial charge in [0.1, 0.15) is 10.4 Å². The number of halogens is 2. The summed E-state index contributed by atoms with van der Waals surface area (Å²) in [7, 11) is 0. The van der Waals surface area contributed by atoms with E-state index in [0.717, 1.165) is 10.2 Å². The number of aryl methyl sites for hydroxylation is 1. The molecule has 18 heavy (non-hydrogen) atoms. The van der Waals surface area contributed by atoms with Crippen molar-refractivity contribution in [2.75, 3.05) is 5.32 Å². The number of carbonyl (C=O) groups excluding carboxylic acids is 1. The zero-order valence-corrected chi connectivity index (χ0v) is 12.6. The van der Waals surface area contributed by atoms with Gasteiger partial charge in [0.25, 0.3) is 5.91 Å². The van der Waals surface area contributed by atoms with E-state index in [1.54, 1.807) is 24.4 Å². The summed E-state index contributed by atoms with van der Waals surface area (Å²) in [4.78, 5) is 20.3. The molecule has 6 heteroatoms. The van der Waals surface area contributed by atoms with Crippen LogP contribution in [0.3, 0.4) is 0 Å². The Labute approximate surface area is 121 Å². The number of nitrogens with zero attached hydrogens (tertiary/aromatic N) is 2. The fraction of sp³-hybridized carbons (Fsp3) is 0.0833. The predicted octanol–water partition coefficient (Wildman–Crippen LogP) is 3.56. The number of rotatable bonds is 2. The molecule has 2 aromatic heterocycles. The Morgan fingerprint density at radius 2 is 2.06 bits per heavy atom. The van der Waals surface area contributed by atoms with Crippen LogP contribution < -0.4 is 5.32 Å². The van der Waals surface area contributed by atoms with Crippen molar-refractivity contribution in [1.82, 2.24) is 9.97 Å². The Morgan fingerprint density at radius 3 is 2.72 bits per heavy atom. The number of anilines is 1. The molecular weight excluding hydrogens is 362 g/mol. The predicted molar refractivity (Wildman–Crippen MR) is 76.6 cm³/mol. The molecule has 0 saturated carbocycles. The second kappa shape index (κ2) is 5.58. The third-order valence-electron chi connectivity index (χ3n) is 2.27. The molecule has 2 rings (SSSR count). The number of aromatic nitrogens is 2. The average molecular weight is 371 g/mol. The molecule has 1 amide bonds. The molecule has 2 aromatic rings. The molecule has 0 aliphatic heterocycles. The van der Waals surface area contributed by atoms with Gasteiger partial charge in [0.2, 0.25) is 0 Å². The van der Waals surface area contributed by atoms with E-state index < -0.39 is 0 Å². The summed E-state index contributed by atoms with van der Waals surface area (Å²) in [6, 6.07) is 6.98. The second-order valence-corrected chi connectivity index (χ2v) is 5.17. The van der Waals surface area contributed by atoms with Gasteiger partial charge in [0.15, 0.2) is 0 Å². The molecule has 0 saturated heterocycles. The summed E-state index contributed by atoms with van der Waals surface area (Å²) >= 11 is 6.60. The van der Waals surface area contributed by atoms with Gasteiger partial charge in [-0.2, -0.15) is 0 Å². The quantitative estimate of drug-likeness (QED) is 0.822. The molecule has 4 nitrogen and oxygen atoms in total. The van der Waals surface area contributed by atoms with E-state index in [1.165, 1.54) is 0 Å². The van der Waals surface area contributed by atoms with E-state index in [0.29, 0.717) is 16.0 Å². The van der Waals surface area contributed by atoms with Crippen LogP contribution in [0.25, 0.3) is 0 Å². The molecule has 0 atom stereocenters. The molecule has 0 radical (unpaired) electrons. The van der Waals surface area contributed by atoms with Gasteiger partial charge in [-0.05, 0) is 63.0 Å². The zero-order chi connectivity index (χ0) is 13.1. The van der Waals surface area contributed by atoms with Crippen molar-refractivity contribution in [3.63, 3.8) is 0 Å². The van der Waals surface area contributed by atoms with Crippen LogP contribution in [0.5, 0.6) is 0 Å². The normalized spacial score (nSPS) is 10.2. The van der Waals surface area contributed by atoms with Crippen LogP contribution in [0.1, 0.15) is 16.1 Å². The standard InChI is InChI=1S/C12H9Br2N3O/c1-7-9(13)4-5-10(16-7)17-12(18)8-3-2-6-15-11(8)14/h2-6H,1H3,(H,16,17,18). The fourth-order valence-electron chi connectivity index (χ4n) is 1.35. The van der Waals surface area contributed by atoms with Crippen LogP contribution >= 0.6 is 31.9 Å². The molecule has 0 aliphatic rings. The highest BCUT2D eigenvalue weighted by Crippen LogP contribution is 2.18. The molecule has 0 aliphatic carbocycles. The number of nitrogens with one attached hydrogen (secondary N) is 1. The zero-order valence-electron chi connectivity index (χ0n) is 9.45. The van der Waals surface area contributed by atoms with Gasteiger partial charge in [0, 0.05) is 10.7 Å². The maximum atomic E-state index is 12.0. The minimum atomic E-state index is -0.246. The molecule has 92 valence electrons. The van der Waals surface area contributed by atoms with Crippen molar-refractivity contribution in [1.29, 1.82) is 0 Å². The van der Waals surface area contributed by atoms with Crippen molar-refractivity contribution >= 4 is 43.6 Å². The highest BCUT2D eigenvalue weighted by atomic mass is 79.9. The second-order valence-electron chi connectivity index (χ2n) is 3.56. The van der Waals surface area contributed by atoms with Crippen LogP contribution in [0, 0.1) is 6.92 Å². The Bertz CT molecular complexity index is 602. The molecule has 0 unspecified atom stereocenters. The molecular formula is C12H9Br2N3O. The summed E-state index contributed by atoms with van der Waals surface area (Å²) in [6.45, 7) is 1.86. The Balaban J connectivity index is 2.22. The van der Waals surface area contributed by atoms with E-state index >= 15 is 0 Å². The Morgan fingerprint density at radius 1 is 1.28 bits per heavy atom. The molecule has 0 bridgehead atoms. The van der Waals surface area contributed by atoms with E-state index in [-0.39, 0.29) is 5.91 Å². The van der Waals surface area contributed by atoms with E-state index in [9.17, 15) is 4.79 Å². The lowest BCUT2D eigenvalue weighted by atomic mass is 10.2. The maximum absolute atomic E-state index is 12.0. The first kappa shape index (κ1) is 13.2. The highest BCUT2D eigenvalue weighted by Gasteiger charge is 2.11. The van der Waals surface area contributed by atoms with Crippen molar-refractivity contribution < 1.29 is 4.79 Å². The largest absolute Gasteiger partial charge is 0.306 e. The molecule has 2 heterocycles. The van der Waals surface area contributed by atoms with Crippen molar-refractivity contribution in [2.45, 2.75) is 6.92 Å². The lowest BCUT2D eigenvalue weighted by molar-refractivity contribution is 0.102. The first-order chi connectivity index (χ1) is 8.58. The van der Waals surface area contributed by atoms with Gasteiger partial charge in [0.05, 0.1) is 11.3 Å². The van der Waals surface area contributed by atoms with Crippen LogP contribution in [-0.2, 0) is 0 Å². The summed E-state index contributed by atoms with van der Waals surface area (Å²) in [6.07, 6.45) is 1.61. The third-order valence-corrected chi connectivity index (χ3v) is 3.74. The highest BCUT2D eigenvalue weighted by molar-refractivity contribution is 9.10. The van der Waals surface area contributed by atoms with Gasteiger partial charge >= 0.3 is 0 Å². The third kappa shape index (κ3) is 2.94. The lowest BCUT2D eigenvalue weighted by Gasteiger charge is -2.06. The molecule has 0 fully saturated rings. The van der Waals surface area contributed by atoms with E-state index in [2.05, 4.69) is 47.1 Å². The topological polar surface area (TPSA) is 54.9 Å². The van der Waals surface area contributed by atoms with E-state index in [1.807, 2.05) is 13.0 Å². The van der Waals surface area contributed by atoms with Gasteiger partial charge < -0.3 is 5.32 Å². The van der Waals surface area contributed by atoms with Gasteiger partial charge in [-0.3, -0.25) is 4.79 Å². The summed E-state index contributed by atoms with van der Waals surface area (Å²) < 4.78 is 1.42. The number of pyridine rings is 2. The van der Waals surface area contributed by atoms with Crippen LogP contribution in [0.15, 0.2) is 39.5 Å². The van der Waals surface area contributed by atoms with Crippen molar-refractivity contribution in [3.8, 4) is 0 Å². The van der Waals surface area contributed by atoms with Crippen molar-refractivity contribution in [2.24, 2.45) is 0 Å². The molecule has 1 N–H and O–H groups in total. The number of hydrogen-bond acceptors (Lipinski definition) is 3. The molecule has 0 aromatic carbocycles. The minimum Gasteiger partial charge on any atom is -0.306 e. The molecule has 0 spiro atoms. The number of amides is 1. The first-order valence-electron chi connectivity index (χ1n) is 5.13. The first-order valence-corrected chi connectivity index (χ1v) is 6.71. The smallest absolute Gasteiger partial charge is 0.259 e. The Hall–Kier alpha value is -1.27. The monoisotopic (exact) mass is 369 g/mol. The summed E-state index contributed by atoms with van der Waals surface area (Å²) in [5.74, 6) is 0.264. The van der Waals surface area contributed by atoms with Gasteiger partial charge in [-0.1, -0.05) is 0 Å². The lowest BCUT2D eigenvalue weighted by Crippen LogP contribution is -2.14. The summed E-state index contributed by atoms with van der Waals surface area (Å²) in [5.41, 5.74) is 1.29. The van der Waals surface area contributed by atoms with Gasteiger partial charge in [-0.15, -0.1) is 0 Å². The fourth-order valence-corrected chi connectivity index (χ4v) is 2.00. The average Bonchev–Trinajstić information content (AvgIpc) is 2.34. The van der Waals surface area contributed by atoms with Crippen LogP contribution in [-0.4, -0.2) is 15.9 Å². The minimum absolute atomic E-state index is 0.246. The number of carbonyl (C=O) groups is 1. The van der Waals surface area contributed by atoms with Gasteiger partial charge in [-0.25, -0.2) is 9.97 Å². The Kier molecular flexibility index (Phi) is 4.08. The van der Waals surface area contributed by atoms with Crippen molar-refractivity contribution in [3.05, 3.63) is 50.8 Å². The van der Waals surface area contributed by atoms with Crippen LogP contribution in [0.4, 0.5) is 5.82 Å². The number of hydrogen-bond donors (Lipinski definition) is 1. The van der Waals surface area contributed by atoms with Crippen LogP contribution in [0.2, 0.25) is 0 Å². The maximum Gasteiger partial charge on any atom is 0.259 e. The van der Waals surface area contributed by atoms with E-state index in [4.69, 9.17) is 0 Å². The SMILES string of the molecule is Cc1nc(NC(=O)c2cccnc2Br)ccc1Br.